The van der Waals surface area contributed by atoms with E-state index >= 15 is 0 Å². The molecule has 136 valence electrons. The SMILES string of the molecule is COCCCNC(=O)C(C)Sc1nnc(Nc2cccc(Cl)c2C)s1. The van der Waals surface area contributed by atoms with E-state index in [1.807, 2.05) is 32.0 Å². The van der Waals surface area contributed by atoms with Gasteiger partial charge in [0.25, 0.3) is 0 Å². The third-order valence-electron chi connectivity index (χ3n) is 3.39. The summed E-state index contributed by atoms with van der Waals surface area (Å²) >= 11 is 8.92. The number of hydrogen-bond donors (Lipinski definition) is 2. The van der Waals surface area contributed by atoms with Gasteiger partial charge in [-0.1, -0.05) is 40.8 Å². The smallest absolute Gasteiger partial charge is 0.233 e. The predicted octanol–water partition coefficient (Wildman–Crippen LogP) is 3.88. The van der Waals surface area contributed by atoms with Crippen LogP contribution in [-0.4, -0.2) is 41.6 Å². The highest BCUT2D eigenvalue weighted by Gasteiger charge is 2.17. The van der Waals surface area contributed by atoms with Crippen molar-refractivity contribution >= 4 is 51.4 Å². The van der Waals surface area contributed by atoms with Gasteiger partial charge in [0.2, 0.25) is 11.0 Å². The molecule has 1 heterocycles. The van der Waals surface area contributed by atoms with Crippen LogP contribution in [-0.2, 0) is 9.53 Å². The van der Waals surface area contributed by atoms with E-state index in [0.29, 0.717) is 23.3 Å². The van der Waals surface area contributed by atoms with Crippen molar-refractivity contribution in [2.24, 2.45) is 0 Å². The lowest BCUT2D eigenvalue weighted by Crippen LogP contribution is -2.32. The van der Waals surface area contributed by atoms with Crippen molar-refractivity contribution < 1.29 is 9.53 Å². The van der Waals surface area contributed by atoms with Crippen molar-refractivity contribution in [1.82, 2.24) is 15.5 Å². The molecule has 0 aliphatic carbocycles. The minimum Gasteiger partial charge on any atom is -0.385 e. The third kappa shape index (κ3) is 6.14. The van der Waals surface area contributed by atoms with E-state index in [1.165, 1.54) is 23.1 Å². The summed E-state index contributed by atoms with van der Waals surface area (Å²) in [4.78, 5) is 12.0. The van der Waals surface area contributed by atoms with E-state index in [-0.39, 0.29) is 11.2 Å². The van der Waals surface area contributed by atoms with Gasteiger partial charge in [-0.25, -0.2) is 0 Å². The second-order valence-corrected chi connectivity index (χ2v) is 8.28. The Hall–Kier alpha value is -1.35. The molecular formula is C16H21ClN4O2S2. The molecule has 2 rings (SSSR count). The van der Waals surface area contributed by atoms with Crippen LogP contribution in [0.3, 0.4) is 0 Å². The summed E-state index contributed by atoms with van der Waals surface area (Å²) in [5, 5.41) is 15.5. The number of amides is 1. The summed E-state index contributed by atoms with van der Waals surface area (Å²) in [6.07, 6.45) is 0.797. The molecule has 0 fully saturated rings. The quantitative estimate of drug-likeness (QED) is 0.491. The summed E-state index contributed by atoms with van der Waals surface area (Å²) in [6, 6.07) is 5.66. The highest BCUT2D eigenvalue weighted by atomic mass is 35.5. The van der Waals surface area contributed by atoms with Crippen LogP contribution in [0.15, 0.2) is 22.5 Å². The third-order valence-corrected chi connectivity index (χ3v) is 5.82. The second kappa shape index (κ2) is 9.96. The van der Waals surface area contributed by atoms with Gasteiger partial charge in [0, 0.05) is 31.0 Å². The van der Waals surface area contributed by atoms with E-state index in [9.17, 15) is 4.79 Å². The number of nitrogens with one attached hydrogen (secondary N) is 2. The maximum Gasteiger partial charge on any atom is 0.233 e. The van der Waals surface area contributed by atoms with E-state index in [2.05, 4.69) is 20.8 Å². The summed E-state index contributed by atoms with van der Waals surface area (Å²) in [5.41, 5.74) is 1.85. The Bertz CT molecular complexity index is 711. The molecule has 0 aliphatic rings. The van der Waals surface area contributed by atoms with Gasteiger partial charge in [-0.3, -0.25) is 4.79 Å². The maximum absolute atomic E-state index is 12.0. The Labute approximate surface area is 160 Å². The predicted molar refractivity (Wildman–Crippen MR) is 104 cm³/mol. The summed E-state index contributed by atoms with van der Waals surface area (Å²) in [6.45, 7) is 5.04. The summed E-state index contributed by atoms with van der Waals surface area (Å²) < 4.78 is 5.70. The molecule has 0 saturated heterocycles. The van der Waals surface area contributed by atoms with Crippen LogP contribution in [0.4, 0.5) is 10.8 Å². The molecule has 6 nitrogen and oxygen atoms in total. The van der Waals surface area contributed by atoms with Crippen LogP contribution in [0.25, 0.3) is 0 Å². The number of rotatable bonds is 9. The fourth-order valence-corrected chi connectivity index (χ4v) is 4.05. The van der Waals surface area contributed by atoms with Crippen molar-refractivity contribution in [3.63, 3.8) is 0 Å². The Kier molecular flexibility index (Phi) is 7.95. The van der Waals surface area contributed by atoms with Crippen LogP contribution in [0.2, 0.25) is 5.02 Å². The van der Waals surface area contributed by atoms with E-state index in [4.69, 9.17) is 16.3 Å². The van der Waals surface area contributed by atoms with E-state index in [1.54, 1.807) is 7.11 Å². The monoisotopic (exact) mass is 400 g/mol. The lowest BCUT2D eigenvalue weighted by atomic mass is 10.2. The zero-order valence-electron chi connectivity index (χ0n) is 14.3. The number of carbonyl (C=O) groups is 1. The lowest BCUT2D eigenvalue weighted by Gasteiger charge is -2.09. The Morgan fingerprint density at radius 3 is 3.00 bits per heavy atom. The van der Waals surface area contributed by atoms with Crippen LogP contribution in [0, 0.1) is 6.92 Å². The lowest BCUT2D eigenvalue weighted by molar-refractivity contribution is -0.120. The molecule has 2 aromatic rings. The maximum atomic E-state index is 12.0. The van der Waals surface area contributed by atoms with Gasteiger partial charge in [0.05, 0.1) is 5.25 Å². The molecule has 1 unspecified atom stereocenters. The van der Waals surface area contributed by atoms with Crippen molar-refractivity contribution in [2.45, 2.75) is 29.9 Å². The largest absolute Gasteiger partial charge is 0.385 e. The van der Waals surface area contributed by atoms with Gasteiger partial charge in [0.1, 0.15) is 0 Å². The fourth-order valence-electron chi connectivity index (χ4n) is 1.94. The van der Waals surface area contributed by atoms with Crippen LogP contribution >= 0.6 is 34.7 Å². The number of carbonyl (C=O) groups excluding carboxylic acids is 1. The number of benzene rings is 1. The van der Waals surface area contributed by atoms with Crippen molar-refractivity contribution in [1.29, 1.82) is 0 Å². The first-order valence-electron chi connectivity index (χ1n) is 7.80. The molecule has 0 saturated carbocycles. The highest BCUT2D eigenvalue weighted by Crippen LogP contribution is 2.32. The van der Waals surface area contributed by atoms with E-state index in [0.717, 1.165) is 22.0 Å². The number of halogens is 1. The zero-order valence-corrected chi connectivity index (χ0v) is 16.7. The zero-order chi connectivity index (χ0) is 18.2. The first-order chi connectivity index (χ1) is 12.0. The fraction of sp³-hybridized carbons (Fsp3) is 0.438. The minimum absolute atomic E-state index is 0.0171. The molecule has 1 aromatic heterocycles. The molecule has 0 bridgehead atoms. The van der Waals surface area contributed by atoms with Crippen LogP contribution in [0.5, 0.6) is 0 Å². The van der Waals surface area contributed by atoms with Crippen LogP contribution in [0.1, 0.15) is 18.9 Å². The van der Waals surface area contributed by atoms with Gasteiger partial charge in [-0.15, -0.1) is 10.2 Å². The van der Waals surface area contributed by atoms with Gasteiger partial charge in [-0.05, 0) is 38.0 Å². The molecule has 0 radical (unpaired) electrons. The number of anilines is 2. The molecule has 0 aliphatic heterocycles. The molecule has 1 atom stereocenters. The molecule has 0 spiro atoms. The summed E-state index contributed by atoms with van der Waals surface area (Å²) in [5.74, 6) is -0.0171. The van der Waals surface area contributed by atoms with Crippen LogP contribution < -0.4 is 10.6 Å². The van der Waals surface area contributed by atoms with Gasteiger partial charge >= 0.3 is 0 Å². The Morgan fingerprint density at radius 1 is 1.44 bits per heavy atom. The molecule has 2 N–H and O–H groups in total. The van der Waals surface area contributed by atoms with Crippen molar-refractivity contribution in [2.75, 3.05) is 25.6 Å². The Balaban J connectivity index is 1.88. The molecular weight excluding hydrogens is 380 g/mol. The molecule has 1 amide bonds. The minimum atomic E-state index is -0.240. The number of nitrogens with zero attached hydrogens (tertiary/aromatic N) is 2. The van der Waals surface area contributed by atoms with Crippen molar-refractivity contribution in [3.8, 4) is 0 Å². The average Bonchev–Trinajstić information content (AvgIpc) is 3.02. The standard InChI is InChI=1S/C16H21ClN4O2S2/c1-10-12(17)6-4-7-13(10)19-15-20-21-16(25-15)24-11(2)14(22)18-8-5-9-23-3/h4,6-7,11H,5,8-9H2,1-3H3,(H,18,22)(H,19,20). The average molecular weight is 401 g/mol. The molecule has 1 aromatic carbocycles. The first kappa shape index (κ1) is 20.0. The van der Waals surface area contributed by atoms with Crippen molar-refractivity contribution in [3.05, 3.63) is 28.8 Å². The van der Waals surface area contributed by atoms with Gasteiger partial charge in [0.15, 0.2) is 4.34 Å². The number of methoxy groups -OCH3 is 1. The topological polar surface area (TPSA) is 76.1 Å². The summed E-state index contributed by atoms with van der Waals surface area (Å²) in [7, 11) is 1.65. The number of thioether (sulfide) groups is 1. The normalized spacial score (nSPS) is 12.0. The number of ether oxygens (including phenoxy) is 1. The number of aromatic nitrogens is 2. The van der Waals surface area contributed by atoms with Gasteiger partial charge < -0.3 is 15.4 Å². The first-order valence-corrected chi connectivity index (χ1v) is 9.87. The van der Waals surface area contributed by atoms with Gasteiger partial charge in [-0.2, -0.15) is 0 Å². The second-order valence-electron chi connectivity index (χ2n) is 5.31. The highest BCUT2D eigenvalue weighted by molar-refractivity contribution is 8.02. The molecule has 9 heteroatoms. The number of hydrogen-bond acceptors (Lipinski definition) is 7. The van der Waals surface area contributed by atoms with E-state index < -0.39 is 0 Å². The Morgan fingerprint density at radius 2 is 2.24 bits per heavy atom. The molecule has 25 heavy (non-hydrogen) atoms.